The van der Waals surface area contributed by atoms with E-state index in [0.29, 0.717) is 24.6 Å². The maximum atomic E-state index is 12.8. The van der Waals surface area contributed by atoms with Crippen LogP contribution in [0.4, 0.5) is 16.2 Å². The molecule has 32 heavy (non-hydrogen) atoms. The summed E-state index contributed by atoms with van der Waals surface area (Å²) in [4.78, 5) is 31.8. The Hall–Kier alpha value is -3.02. The van der Waals surface area contributed by atoms with Gasteiger partial charge in [-0.1, -0.05) is 19.1 Å². The summed E-state index contributed by atoms with van der Waals surface area (Å²) in [5.74, 6) is 0.780. The Labute approximate surface area is 191 Å². The molecular formula is C26H34N4O2. The molecule has 0 aliphatic carbocycles. The van der Waals surface area contributed by atoms with E-state index in [0.717, 1.165) is 50.3 Å². The molecule has 2 heterocycles. The molecular weight excluding hydrogens is 400 g/mol. The zero-order valence-corrected chi connectivity index (χ0v) is 19.4. The lowest BCUT2D eigenvalue weighted by Gasteiger charge is -2.36. The third-order valence-electron chi connectivity index (χ3n) is 6.72. The maximum absolute atomic E-state index is 12.8. The minimum Gasteiger partial charge on any atom is -0.368 e. The molecule has 0 bridgehead atoms. The number of piperidine rings is 1. The monoisotopic (exact) mass is 434 g/mol. The van der Waals surface area contributed by atoms with Gasteiger partial charge in [0.05, 0.1) is 0 Å². The topological polar surface area (TPSA) is 55.9 Å². The third-order valence-corrected chi connectivity index (χ3v) is 6.72. The highest BCUT2D eigenvalue weighted by Crippen LogP contribution is 2.22. The van der Waals surface area contributed by atoms with Crippen molar-refractivity contribution in [2.75, 3.05) is 49.5 Å². The zero-order chi connectivity index (χ0) is 22.7. The van der Waals surface area contributed by atoms with E-state index in [1.54, 1.807) is 0 Å². The fraction of sp³-hybridized carbons (Fsp3) is 0.462. The van der Waals surface area contributed by atoms with Crippen LogP contribution in [0.2, 0.25) is 0 Å². The quantitative estimate of drug-likeness (QED) is 0.772. The van der Waals surface area contributed by atoms with Gasteiger partial charge in [-0.3, -0.25) is 4.79 Å². The van der Waals surface area contributed by atoms with Gasteiger partial charge in [-0.05, 0) is 74.1 Å². The molecule has 6 nitrogen and oxygen atoms in total. The number of likely N-dealkylation sites (tertiary alicyclic amines) is 1. The van der Waals surface area contributed by atoms with Crippen LogP contribution in [-0.2, 0) is 0 Å². The molecule has 0 spiro atoms. The lowest BCUT2D eigenvalue weighted by Crippen LogP contribution is -2.50. The van der Waals surface area contributed by atoms with Crippen LogP contribution in [0.5, 0.6) is 0 Å². The van der Waals surface area contributed by atoms with Gasteiger partial charge in [-0.15, -0.1) is 0 Å². The number of aryl methyl sites for hydroxylation is 2. The van der Waals surface area contributed by atoms with Crippen molar-refractivity contribution in [3.05, 3.63) is 59.2 Å². The molecule has 2 aliphatic heterocycles. The number of carbonyl (C=O) groups excluding carboxylic acids is 2. The SMILES string of the molecule is Cc1cccc(N2CCN(C(=O)Nc3ccc(C(=O)N4CCC(C)CC4)cc3C)CC2)c1. The van der Waals surface area contributed by atoms with Crippen LogP contribution in [-0.4, -0.2) is 61.0 Å². The number of piperazine rings is 1. The van der Waals surface area contributed by atoms with E-state index >= 15 is 0 Å². The Bertz CT molecular complexity index is 974. The first-order valence-corrected chi connectivity index (χ1v) is 11.7. The van der Waals surface area contributed by atoms with Crippen LogP contribution in [0.15, 0.2) is 42.5 Å². The summed E-state index contributed by atoms with van der Waals surface area (Å²) >= 11 is 0. The Morgan fingerprint density at radius 1 is 0.875 bits per heavy atom. The van der Waals surface area contributed by atoms with Gasteiger partial charge in [0.25, 0.3) is 5.91 Å². The summed E-state index contributed by atoms with van der Waals surface area (Å²) in [6, 6.07) is 14.0. The molecule has 1 N–H and O–H groups in total. The molecule has 2 aliphatic rings. The fourth-order valence-corrected chi connectivity index (χ4v) is 4.52. The van der Waals surface area contributed by atoms with Crippen molar-refractivity contribution in [2.24, 2.45) is 5.92 Å². The Morgan fingerprint density at radius 2 is 1.59 bits per heavy atom. The van der Waals surface area contributed by atoms with Crippen LogP contribution in [0.1, 0.15) is 41.3 Å². The number of urea groups is 1. The van der Waals surface area contributed by atoms with Gasteiger partial charge in [0.15, 0.2) is 0 Å². The minimum atomic E-state index is -0.0823. The summed E-state index contributed by atoms with van der Waals surface area (Å²) in [5, 5.41) is 3.04. The van der Waals surface area contributed by atoms with Crippen LogP contribution in [0.3, 0.4) is 0 Å². The molecule has 0 atom stereocenters. The largest absolute Gasteiger partial charge is 0.368 e. The van der Waals surface area contributed by atoms with Crippen molar-refractivity contribution in [2.45, 2.75) is 33.6 Å². The van der Waals surface area contributed by atoms with Crippen LogP contribution >= 0.6 is 0 Å². The number of amides is 3. The summed E-state index contributed by atoms with van der Waals surface area (Å²) in [5.41, 5.74) is 4.83. The lowest BCUT2D eigenvalue weighted by molar-refractivity contribution is 0.0697. The number of hydrogen-bond acceptors (Lipinski definition) is 3. The second kappa shape index (κ2) is 9.63. The maximum Gasteiger partial charge on any atom is 0.321 e. The van der Waals surface area contributed by atoms with E-state index in [4.69, 9.17) is 0 Å². The van der Waals surface area contributed by atoms with Gasteiger partial charge < -0.3 is 20.0 Å². The second-order valence-electron chi connectivity index (χ2n) is 9.25. The van der Waals surface area contributed by atoms with Gasteiger partial charge in [0.1, 0.15) is 0 Å². The average Bonchev–Trinajstić information content (AvgIpc) is 2.80. The number of nitrogens with zero attached hydrogens (tertiary/aromatic N) is 3. The molecule has 2 aromatic carbocycles. The van der Waals surface area contributed by atoms with E-state index in [2.05, 4.69) is 48.3 Å². The Kier molecular flexibility index (Phi) is 6.68. The van der Waals surface area contributed by atoms with Crippen molar-refractivity contribution in [1.29, 1.82) is 0 Å². The number of anilines is 2. The van der Waals surface area contributed by atoms with Gasteiger partial charge in [0, 0.05) is 56.2 Å². The summed E-state index contributed by atoms with van der Waals surface area (Å²) in [7, 11) is 0. The van der Waals surface area contributed by atoms with Crippen LogP contribution in [0, 0.1) is 19.8 Å². The first-order valence-electron chi connectivity index (χ1n) is 11.7. The molecule has 2 fully saturated rings. The molecule has 2 saturated heterocycles. The fourth-order valence-electron chi connectivity index (χ4n) is 4.52. The van der Waals surface area contributed by atoms with E-state index in [1.807, 2.05) is 34.9 Å². The highest BCUT2D eigenvalue weighted by molar-refractivity contribution is 5.96. The molecule has 0 aromatic heterocycles. The van der Waals surface area contributed by atoms with Crippen molar-refractivity contribution < 1.29 is 9.59 Å². The predicted molar refractivity (Wildman–Crippen MR) is 129 cm³/mol. The standard InChI is InChI=1S/C26H34N4O2/c1-19-9-11-29(12-10-19)25(31)22-7-8-24(21(3)18-22)27-26(32)30-15-13-28(14-16-30)23-6-4-5-20(2)17-23/h4-8,17-19H,9-16H2,1-3H3,(H,27,32). The average molecular weight is 435 g/mol. The molecule has 2 aromatic rings. The van der Waals surface area contributed by atoms with E-state index < -0.39 is 0 Å². The Morgan fingerprint density at radius 3 is 2.25 bits per heavy atom. The van der Waals surface area contributed by atoms with Crippen molar-refractivity contribution in [1.82, 2.24) is 9.80 Å². The predicted octanol–water partition coefficient (Wildman–Crippen LogP) is 4.53. The summed E-state index contributed by atoms with van der Waals surface area (Å²) in [6.45, 7) is 10.9. The van der Waals surface area contributed by atoms with Crippen molar-refractivity contribution >= 4 is 23.3 Å². The first kappa shape index (κ1) is 22.2. The normalized spacial score (nSPS) is 17.4. The number of nitrogens with one attached hydrogen (secondary N) is 1. The number of rotatable bonds is 3. The molecule has 0 radical (unpaired) electrons. The first-order chi connectivity index (χ1) is 15.4. The van der Waals surface area contributed by atoms with Gasteiger partial charge in [-0.2, -0.15) is 0 Å². The lowest BCUT2D eigenvalue weighted by atomic mass is 9.98. The number of hydrogen-bond donors (Lipinski definition) is 1. The molecule has 6 heteroatoms. The summed E-state index contributed by atoms with van der Waals surface area (Å²) < 4.78 is 0. The van der Waals surface area contributed by atoms with E-state index in [1.165, 1.54) is 11.3 Å². The van der Waals surface area contributed by atoms with Crippen molar-refractivity contribution in [3.63, 3.8) is 0 Å². The number of carbonyl (C=O) groups is 2. The molecule has 0 unspecified atom stereocenters. The molecule has 4 rings (SSSR count). The van der Waals surface area contributed by atoms with Crippen LogP contribution in [0.25, 0.3) is 0 Å². The number of benzene rings is 2. The summed E-state index contributed by atoms with van der Waals surface area (Å²) in [6.07, 6.45) is 2.13. The van der Waals surface area contributed by atoms with Gasteiger partial charge in [-0.25, -0.2) is 4.79 Å². The minimum absolute atomic E-state index is 0.0823. The van der Waals surface area contributed by atoms with E-state index in [-0.39, 0.29) is 11.9 Å². The zero-order valence-electron chi connectivity index (χ0n) is 19.4. The highest BCUT2D eigenvalue weighted by atomic mass is 16.2. The molecule has 3 amide bonds. The van der Waals surface area contributed by atoms with Crippen LogP contribution < -0.4 is 10.2 Å². The third kappa shape index (κ3) is 5.06. The van der Waals surface area contributed by atoms with E-state index in [9.17, 15) is 9.59 Å². The van der Waals surface area contributed by atoms with Gasteiger partial charge >= 0.3 is 6.03 Å². The molecule has 170 valence electrons. The molecule has 0 saturated carbocycles. The smallest absolute Gasteiger partial charge is 0.321 e. The highest BCUT2D eigenvalue weighted by Gasteiger charge is 2.24. The Balaban J connectivity index is 1.33. The van der Waals surface area contributed by atoms with Crippen molar-refractivity contribution in [3.8, 4) is 0 Å². The van der Waals surface area contributed by atoms with Gasteiger partial charge in [0.2, 0.25) is 0 Å². The second-order valence-corrected chi connectivity index (χ2v) is 9.25.